The lowest BCUT2D eigenvalue weighted by molar-refractivity contribution is 0.154. The molecule has 0 spiro atoms. The monoisotopic (exact) mass is 204 g/mol. The summed E-state index contributed by atoms with van der Waals surface area (Å²) in [7, 11) is 0. The molecule has 0 aliphatic heterocycles. The molecule has 15 heavy (non-hydrogen) atoms. The summed E-state index contributed by atoms with van der Waals surface area (Å²) in [6.45, 7) is 15.7. The smallest absolute Gasteiger partial charge is 0.0143 e. The van der Waals surface area contributed by atoms with Crippen LogP contribution in [0.4, 0.5) is 0 Å². The van der Waals surface area contributed by atoms with Crippen LogP contribution < -0.4 is 0 Å². The second-order valence-corrected chi connectivity index (χ2v) is 6.12. The van der Waals surface area contributed by atoms with Gasteiger partial charge in [0.2, 0.25) is 0 Å². The zero-order valence-corrected chi connectivity index (χ0v) is 10.9. The Labute approximate surface area is 94.5 Å². The molecule has 2 aliphatic rings. The van der Waals surface area contributed by atoms with E-state index in [1.165, 1.54) is 24.8 Å². The Balaban J connectivity index is 2.04. The molecule has 0 bridgehead atoms. The number of fused-ring (bicyclic) bond motifs is 1. The van der Waals surface area contributed by atoms with Crippen LogP contribution in [-0.2, 0) is 0 Å². The van der Waals surface area contributed by atoms with Crippen molar-refractivity contribution in [3.8, 4) is 0 Å². The van der Waals surface area contributed by atoms with E-state index in [-0.39, 0.29) is 0 Å². The third-order valence-electron chi connectivity index (χ3n) is 5.08. The van der Waals surface area contributed by atoms with Crippen molar-refractivity contribution in [1.82, 2.24) is 0 Å². The third-order valence-corrected chi connectivity index (χ3v) is 5.08. The van der Waals surface area contributed by atoms with Crippen LogP contribution in [0.2, 0.25) is 0 Å². The Hall–Kier alpha value is -0.520. The van der Waals surface area contributed by atoms with Gasteiger partial charge in [-0.25, -0.2) is 0 Å². The lowest BCUT2D eigenvalue weighted by Gasteiger charge is -2.45. The SMILES string of the molecule is C=C(C)C(C)CC12CC(C)(CC)C1=C2C. The van der Waals surface area contributed by atoms with Gasteiger partial charge in [-0.1, -0.05) is 44.1 Å². The van der Waals surface area contributed by atoms with Gasteiger partial charge in [-0.15, -0.1) is 0 Å². The highest BCUT2D eigenvalue weighted by atomic mass is 14.7. The second-order valence-electron chi connectivity index (χ2n) is 6.12. The highest BCUT2D eigenvalue weighted by Gasteiger charge is 2.67. The molecule has 84 valence electrons. The van der Waals surface area contributed by atoms with E-state index in [1.807, 2.05) is 0 Å². The van der Waals surface area contributed by atoms with Gasteiger partial charge in [-0.3, -0.25) is 0 Å². The van der Waals surface area contributed by atoms with Crippen molar-refractivity contribution in [2.24, 2.45) is 16.7 Å². The van der Waals surface area contributed by atoms with Crippen molar-refractivity contribution in [1.29, 1.82) is 0 Å². The van der Waals surface area contributed by atoms with Gasteiger partial charge in [-0.2, -0.15) is 0 Å². The van der Waals surface area contributed by atoms with Crippen molar-refractivity contribution in [3.05, 3.63) is 23.3 Å². The minimum Gasteiger partial charge on any atom is -0.0999 e. The van der Waals surface area contributed by atoms with Crippen LogP contribution in [0, 0.1) is 16.7 Å². The molecule has 0 aromatic rings. The summed E-state index contributed by atoms with van der Waals surface area (Å²) < 4.78 is 0. The fourth-order valence-electron chi connectivity index (χ4n) is 3.73. The fraction of sp³-hybridized carbons (Fsp3) is 0.733. The molecule has 1 saturated carbocycles. The Morgan fingerprint density at radius 2 is 2.13 bits per heavy atom. The van der Waals surface area contributed by atoms with Crippen LogP contribution >= 0.6 is 0 Å². The summed E-state index contributed by atoms with van der Waals surface area (Å²) in [4.78, 5) is 0. The molecular weight excluding hydrogens is 180 g/mol. The Bertz CT molecular complexity index is 347. The molecule has 2 rings (SSSR count). The molecular formula is C15H24. The zero-order chi connectivity index (χ0) is 11.4. The van der Waals surface area contributed by atoms with E-state index in [1.54, 1.807) is 11.1 Å². The molecule has 0 N–H and O–H groups in total. The molecule has 0 nitrogen and oxygen atoms in total. The Morgan fingerprint density at radius 1 is 1.53 bits per heavy atom. The van der Waals surface area contributed by atoms with Gasteiger partial charge in [0.05, 0.1) is 0 Å². The third kappa shape index (κ3) is 1.26. The Morgan fingerprint density at radius 3 is 2.53 bits per heavy atom. The summed E-state index contributed by atoms with van der Waals surface area (Å²) in [5, 5.41) is 0. The molecule has 0 radical (unpaired) electrons. The number of rotatable bonds is 4. The number of hydrogen-bond acceptors (Lipinski definition) is 0. The predicted molar refractivity (Wildman–Crippen MR) is 66.7 cm³/mol. The number of allylic oxidation sites excluding steroid dienone is 3. The summed E-state index contributed by atoms with van der Waals surface area (Å²) in [6.07, 6.45) is 4.03. The fourth-order valence-corrected chi connectivity index (χ4v) is 3.73. The minimum atomic E-state index is 0.554. The molecule has 0 saturated heterocycles. The van der Waals surface area contributed by atoms with Gasteiger partial charge < -0.3 is 0 Å². The van der Waals surface area contributed by atoms with Crippen molar-refractivity contribution < 1.29 is 0 Å². The van der Waals surface area contributed by atoms with E-state index in [9.17, 15) is 0 Å². The first-order valence-corrected chi connectivity index (χ1v) is 6.25. The van der Waals surface area contributed by atoms with Crippen LogP contribution in [0.15, 0.2) is 23.3 Å². The maximum absolute atomic E-state index is 4.08. The van der Waals surface area contributed by atoms with Gasteiger partial charge in [0.15, 0.2) is 0 Å². The van der Waals surface area contributed by atoms with Gasteiger partial charge >= 0.3 is 0 Å². The first-order valence-electron chi connectivity index (χ1n) is 6.25. The maximum atomic E-state index is 4.08. The standard InChI is InChI=1S/C15H24/c1-7-14(6)9-15(12(5)13(14)15)8-11(4)10(2)3/h11H,2,7-9H2,1,3-6H3. The average Bonchev–Trinajstić information content (AvgIpc) is 2.62. The summed E-state index contributed by atoms with van der Waals surface area (Å²) in [5.74, 6) is 0.679. The van der Waals surface area contributed by atoms with Crippen LogP contribution in [0.1, 0.15) is 53.9 Å². The quantitative estimate of drug-likeness (QED) is 0.581. The topological polar surface area (TPSA) is 0 Å². The Kier molecular flexibility index (Phi) is 2.19. The zero-order valence-electron chi connectivity index (χ0n) is 10.9. The van der Waals surface area contributed by atoms with Crippen LogP contribution in [-0.4, -0.2) is 0 Å². The van der Waals surface area contributed by atoms with Gasteiger partial charge in [-0.05, 0) is 44.4 Å². The largest absolute Gasteiger partial charge is 0.0999 e. The average molecular weight is 204 g/mol. The molecule has 0 heteroatoms. The summed E-state index contributed by atoms with van der Waals surface area (Å²) >= 11 is 0. The van der Waals surface area contributed by atoms with E-state index in [2.05, 4.69) is 41.2 Å². The molecule has 1 fully saturated rings. The molecule has 3 unspecified atom stereocenters. The van der Waals surface area contributed by atoms with E-state index in [0.717, 1.165) is 0 Å². The van der Waals surface area contributed by atoms with Gasteiger partial charge in [0.25, 0.3) is 0 Å². The van der Waals surface area contributed by atoms with E-state index in [4.69, 9.17) is 0 Å². The van der Waals surface area contributed by atoms with Crippen molar-refractivity contribution >= 4 is 0 Å². The molecule has 0 aromatic heterocycles. The van der Waals surface area contributed by atoms with Crippen LogP contribution in [0.3, 0.4) is 0 Å². The predicted octanol–water partition coefficient (Wildman–Crippen LogP) is 4.73. The minimum absolute atomic E-state index is 0.554. The maximum Gasteiger partial charge on any atom is 0.0143 e. The molecule has 0 amide bonds. The van der Waals surface area contributed by atoms with Crippen molar-refractivity contribution in [2.75, 3.05) is 0 Å². The normalized spacial score (nSPS) is 39.5. The molecule has 3 atom stereocenters. The molecule has 0 heterocycles. The van der Waals surface area contributed by atoms with Crippen LogP contribution in [0.25, 0.3) is 0 Å². The lowest BCUT2D eigenvalue weighted by Crippen LogP contribution is -2.36. The van der Waals surface area contributed by atoms with Gasteiger partial charge in [0, 0.05) is 5.41 Å². The highest BCUT2D eigenvalue weighted by Crippen LogP contribution is 2.78. The molecule has 0 aromatic carbocycles. The number of hydrogen-bond donors (Lipinski definition) is 0. The molecule has 2 aliphatic carbocycles. The van der Waals surface area contributed by atoms with Crippen molar-refractivity contribution in [3.63, 3.8) is 0 Å². The van der Waals surface area contributed by atoms with Crippen molar-refractivity contribution in [2.45, 2.75) is 53.9 Å². The summed E-state index contributed by atoms with van der Waals surface area (Å²) in [6, 6.07) is 0. The summed E-state index contributed by atoms with van der Waals surface area (Å²) in [5.41, 5.74) is 5.96. The second kappa shape index (κ2) is 2.99. The first kappa shape index (κ1) is 11.0. The first-order chi connectivity index (χ1) is 6.87. The van der Waals surface area contributed by atoms with E-state index < -0.39 is 0 Å². The van der Waals surface area contributed by atoms with E-state index in [0.29, 0.717) is 16.7 Å². The van der Waals surface area contributed by atoms with E-state index >= 15 is 0 Å². The van der Waals surface area contributed by atoms with Crippen LogP contribution in [0.5, 0.6) is 0 Å². The highest BCUT2D eigenvalue weighted by molar-refractivity contribution is 5.59. The lowest BCUT2D eigenvalue weighted by atomic mass is 9.58. The van der Waals surface area contributed by atoms with Gasteiger partial charge in [0.1, 0.15) is 0 Å².